The largest absolute Gasteiger partial charge is 0.281 e. The van der Waals surface area contributed by atoms with Gasteiger partial charge in [-0.3, -0.25) is 0 Å². The molecule has 0 aliphatic rings. The minimum atomic E-state index is -2.58. The van der Waals surface area contributed by atoms with Gasteiger partial charge in [-0.2, -0.15) is 0 Å². The summed E-state index contributed by atoms with van der Waals surface area (Å²) < 4.78 is 25.8. The monoisotopic (exact) mass is 381 g/mol. The van der Waals surface area contributed by atoms with E-state index < -0.39 is 6.43 Å². The Morgan fingerprint density at radius 3 is 2.69 bits per heavy atom. The second-order valence-corrected chi connectivity index (χ2v) is 4.45. The highest BCUT2D eigenvalue weighted by molar-refractivity contribution is 14.1. The van der Waals surface area contributed by atoms with E-state index in [2.05, 4.69) is 20.9 Å². The van der Waals surface area contributed by atoms with Gasteiger partial charge in [-0.15, -0.1) is 11.6 Å². The van der Waals surface area contributed by atoms with Crippen LogP contribution in [-0.4, -0.2) is 4.98 Å². The molecule has 13 heavy (non-hydrogen) atoms. The Balaban J connectivity index is 3.25. The van der Waals surface area contributed by atoms with Gasteiger partial charge in [-0.25, -0.2) is 13.8 Å². The van der Waals surface area contributed by atoms with Gasteiger partial charge in [0.05, 0.1) is 16.0 Å². The van der Waals surface area contributed by atoms with Crippen molar-refractivity contribution < 1.29 is 8.78 Å². The third kappa shape index (κ3) is 2.73. The summed E-state index contributed by atoms with van der Waals surface area (Å²) in [4.78, 5) is 3.72. The van der Waals surface area contributed by atoms with E-state index in [1.165, 1.54) is 0 Å². The summed E-state index contributed by atoms with van der Waals surface area (Å²) in [5, 5.41) is 0. The first kappa shape index (κ1) is 11.6. The lowest BCUT2D eigenvalue weighted by molar-refractivity contribution is 0.145. The van der Waals surface area contributed by atoms with Crippen LogP contribution in [0.5, 0.6) is 0 Å². The molecule has 1 aromatic rings. The number of aromatic nitrogens is 1. The van der Waals surface area contributed by atoms with Crippen LogP contribution >= 0.6 is 50.1 Å². The van der Waals surface area contributed by atoms with Gasteiger partial charge in [0.2, 0.25) is 0 Å². The fourth-order valence-corrected chi connectivity index (χ4v) is 1.93. The Kier molecular flexibility index (Phi) is 4.31. The molecule has 6 heteroatoms. The van der Waals surface area contributed by atoms with Crippen molar-refractivity contribution in [2.45, 2.75) is 12.3 Å². The van der Waals surface area contributed by atoms with Crippen molar-refractivity contribution in [3.8, 4) is 0 Å². The minimum absolute atomic E-state index is 0.142. The van der Waals surface area contributed by atoms with Crippen LogP contribution in [0.15, 0.2) is 10.5 Å². The second-order valence-electron chi connectivity index (χ2n) is 2.23. The molecule has 0 fully saturated rings. The fourth-order valence-electron chi connectivity index (χ4n) is 0.781. The molecule has 72 valence electrons. The van der Waals surface area contributed by atoms with E-state index in [0.29, 0.717) is 13.7 Å². The van der Waals surface area contributed by atoms with E-state index in [9.17, 15) is 8.78 Å². The number of halogens is 5. The van der Waals surface area contributed by atoms with Crippen molar-refractivity contribution in [3.63, 3.8) is 0 Å². The molecule has 0 saturated carbocycles. The Labute approximate surface area is 101 Å². The van der Waals surface area contributed by atoms with E-state index in [1.54, 1.807) is 6.07 Å². The number of nitrogens with zero attached hydrogens (tertiary/aromatic N) is 1. The predicted molar refractivity (Wildman–Crippen MR) is 59.2 cm³/mol. The highest BCUT2D eigenvalue weighted by Gasteiger charge is 2.16. The molecule has 0 atom stereocenters. The van der Waals surface area contributed by atoms with Gasteiger partial charge >= 0.3 is 0 Å². The molecule has 1 heterocycles. The maximum absolute atomic E-state index is 12.4. The molecule has 1 nitrogen and oxygen atoms in total. The van der Waals surface area contributed by atoms with E-state index >= 15 is 0 Å². The second kappa shape index (κ2) is 4.84. The first-order valence-corrected chi connectivity index (χ1v) is 5.65. The SMILES string of the molecule is FC(F)c1nc(CCl)cc(I)c1Br. The quantitative estimate of drug-likeness (QED) is 0.554. The van der Waals surface area contributed by atoms with E-state index in [-0.39, 0.29) is 11.6 Å². The van der Waals surface area contributed by atoms with Crippen molar-refractivity contribution in [1.82, 2.24) is 4.98 Å². The molecule has 0 N–H and O–H groups in total. The van der Waals surface area contributed by atoms with E-state index in [0.717, 1.165) is 0 Å². The Hall–Kier alpha value is 0.510. The number of alkyl halides is 3. The summed E-state index contributed by atoms with van der Waals surface area (Å²) in [6.07, 6.45) is -2.58. The van der Waals surface area contributed by atoms with E-state index in [4.69, 9.17) is 11.6 Å². The van der Waals surface area contributed by atoms with Gasteiger partial charge < -0.3 is 0 Å². The Bertz CT molecular complexity index is 322. The summed E-state index contributed by atoms with van der Waals surface area (Å²) in [6.45, 7) is 0. The molecule has 0 spiro atoms. The summed E-state index contributed by atoms with van der Waals surface area (Å²) in [6, 6.07) is 1.67. The van der Waals surface area contributed by atoms with Crippen molar-refractivity contribution >= 4 is 50.1 Å². The molecule has 0 unspecified atom stereocenters. The standard InChI is InChI=1S/C7H4BrClF2IN/c8-5-4(12)1-3(2-9)13-6(5)7(10)11/h1,7H,2H2. The van der Waals surface area contributed by atoms with Crippen molar-refractivity contribution in [1.29, 1.82) is 0 Å². The smallest absolute Gasteiger partial charge is 0.249 e. The molecular formula is C7H4BrClF2IN. The van der Waals surface area contributed by atoms with Crippen LogP contribution in [-0.2, 0) is 5.88 Å². The molecule has 1 rings (SSSR count). The first-order valence-electron chi connectivity index (χ1n) is 3.25. The lowest BCUT2D eigenvalue weighted by Gasteiger charge is -2.06. The van der Waals surface area contributed by atoms with Gasteiger partial charge in [-0.05, 0) is 44.6 Å². The molecule has 0 amide bonds. The fraction of sp³-hybridized carbons (Fsp3) is 0.286. The van der Waals surface area contributed by atoms with Crippen LogP contribution in [0.4, 0.5) is 8.78 Å². The molecule has 0 bridgehead atoms. The van der Waals surface area contributed by atoms with Gasteiger partial charge in [-0.1, -0.05) is 0 Å². The van der Waals surface area contributed by atoms with Gasteiger partial charge in [0.15, 0.2) is 0 Å². The zero-order chi connectivity index (χ0) is 10.0. The normalized spacial score (nSPS) is 10.9. The van der Waals surface area contributed by atoms with Crippen molar-refractivity contribution in [2.24, 2.45) is 0 Å². The third-order valence-corrected chi connectivity index (χ3v) is 4.03. The summed E-state index contributed by atoms with van der Waals surface area (Å²) in [5.74, 6) is 0.142. The number of hydrogen-bond donors (Lipinski definition) is 0. The molecule has 0 aliphatic heterocycles. The van der Waals surface area contributed by atoms with Gasteiger partial charge in [0.1, 0.15) is 5.69 Å². The van der Waals surface area contributed by atoms with Crippen LogP contribution in [0.3, 0.4) is 0 Å². The summed E-state index contributed by atoms with van der Waals surface area (Å²) in [5.41, 5.74) is 0.215. The van der Waals surface area contributed by atoms with Crippen LogP contribution < -0.4 is 0 Å². The minimum Gasteiger partial charge on any atom is -0.249 e. The maximum atomic E-state index is 12.4. The molecule has 0 radical (unpaired) electrons. The zero-order valence-electron chi connectivity index (χ0n) is 6.20. The lowest BCUT2D eigenvalue weighted by Crippen LogP contribution is -1.98. The molecule has 0 aromatic carbocycles. The highest BCUT2D eigenvalue weighted by atomic mass is 127. The first-order chi connectivity index (χ1) is 6.06. The molecular weight excluding hydrogens is 378 g/mol. The number of rotatable bonds is 2. The average molecular weight is 382 g/mol. The van der Waals surface area contributed by atoms with Crippen LogP contribution in [0.1, 0.15) is 17.8 Å². The van der Waals surface area contributed by atoms with Crippen molar-refractivity contribution in [3.05, 3.63) is 25.5 Å². The topological polar surface area (TPSA) is 12.9 Å². The van der Waals surface area contributed by atoms with Crippen LogP contribution in [0.2, 0.25) is 0 Å². The van der Waals surface area contributed by atoms with Gasteiger partial charge in [0, 0.05) is 3.57 Å². The zero-order valence-corrected chi connectivity index (χ0v) is 10.7. The van der Waals surface area contributed by atoms with Gasteiger partial charge in [0.25, 0.3) is 6.43 Å². The highest BCUT2D eigenvalue weighted by Crippen LogP contribution is 2.30. The van der Waals surface area contributed by atoms with Crippen LogP contribution in [0, 0.1) is 3.57 Å². The summed E-state index contributed by atoms with van der Waals surface area (Å²) >= 11 is 10.5. The lowest BCUT2D eigenvalue weighted by atomic mass is 10.3. The summed E-state index contributed by atoms with van der Waals surface area (Å²) in [7, 11) is 0. The average Bonchev–Trinajstić information content (AvgIpc) is 2.09. The molecule has 0 saturated heterocycles. The maximum Gasteiger partial charge on any atom is 0.281 e. The number of hydrogen-bond acceptors (Lipinski definition) is 1. The number of pyridine rings is 1. The van der Waals surface area contributed by atoms with Crippen LogP contribution in [0.25, 0.3) is 0 Å². The Morgan fingerprint density at radius 1 is 1.62 bits per heavy atom. The predicted octanol–water partition coefficient (Wildman–Crippen LogP) is 4.13. The molecule has 1 aromatic heterocycles. The van der Waals surface area contributed by atoms with Crippen molar-refractivity contribution in [2.75, 3.05) is 0 Å². The Morgan fingerprint density at radius 2 is 2.23 bits per heavy atom. The van der Waals surface area contributed by atoms with E-state index in [1.807, 2.05) is 22.6 Å². The molecule has 0 aliphatic carbocycles. The third-order valence-electron chi connectivity index (χ3n) is 1.34.